The third-order valence-electron chi connectivity index (χ3n) is 8.85. The van der Waals surface area contributed by atoms with Crippen molar-refractivity contribution in [3.05, 3.63) is 98.5 Å². The minimum absolute atomic E-state index is 0.0413. The number of likely N-dealkylation sites (tertiary alicyclic amines) is 1. The van der Waals surface area contributed by atoms with Crippen molar-refractivity contribution < 1.29 is 14.6 Å². The minimum atomic E-state index is -1.10. The van der Waals surface area contributed by atoms with Crippen LogP contribution in [0, 0.1) is 12.8 Å². The van der Waals surface area contributed by atoms with E-state index < -0.39 is 22.5 Å². The number of aromatic nitrogens is 1. The van der Waals surface area contributed by atoms with Gasteiger partial charge in [0.1, 0.15) is 11.3 Å². The van der Waals surface area contributed by atoms with E-state index in [9.17, 15) is 14.7 Å². The van der Waals surface area contributed by atoms with Gasteiger partial charge in [0.15, 0.2) is 0 Å². The molecule has 1 aromatic heterocycles. The van der Waals surface area contributed by atoms with Gasteiger partial charge in [-0.25, -0.2) is 0 Å². The number of fused-ring (bicyclic) bond motifs is 4. The number of H-pyrrole nitrogens is 1. The molecule has 6 rings (SSSR count). The Balaban J connectivity index is 1.50. The lowest BCUT2D eigenvalue weighted by Gasteiger charge is -2.54. The van der Waals surface area contributed by atoms with Crippen molar-refractivity contribution in [2.45, 2.75) is 49.8 Å². The predicted octanol–water partition coefficient (Wildman–Crippen LogP) is 2.46. The van der Waals surface area contributed by atoms with E-state index in [1.54, 1.807) is 13.2 Å². The summed E-state index contributed by atoms with van der Waals surface area (Å²) in [7, 11) is 1.65. The molecular formula is C29H31N3O4. The number of nitrogens with two attached hydrogens (primary N) is 1. The molecule has 2 fully saturated rings. The van der Waals surface area contributed by atoms with E-state index in [0.717, 1.165) is 47.6 Å². The fraction of sp³-hybridized carbons (Fsp3) is 0.379. The zero-order chi connectivity index (χ0) is 25.2. The van der Waals surface area contributed by atoms with Gasteiger partial charge in [-0.1, -0.05) is 36.4 Å². The highest BCUT2D eigenvalue weighted by Gasteiger charge is 2.70. The van der Waals surface area contributed by atoms with E-state index in [1.807, 2.05) is 36.4 Å². The van der Waals surface area contributed by atoms with Crippen LogP contribution in [-0.2, 0) is 24.8 Å². The zero-order valence-corrected chi connectivity index (χ0v) is 20.6. The molecule has 1 amide bonds. The van der Waals surface area contributed by atoms with Crippen LogP contribution in [0.4, 0.5) is 0 Å². The fourth-order valence-electron chi connectivity index (χ4n) is 7.31. The Morgan fingerprint density at radius 3 is 2.69 bits per heavy atom. The summed E-state index contributed by atoms with van der Waals surface area (Å²) in [6.45, 7) is 3.74. The highest BCUT2D eigenvalue weighted by molar-refractivity contribution is 5.92. The highest BCUT2D eigenvalue weighted by atomic mass is 16.5. The Labute approximate surface area is 209 Å². The topological polar surface area (TPSA) is 109 Å². The van der Waals surface area contributed by atoms with Gasteiger partial charge in [-0.05, 0) is 59.7 Å². The Bertz CT molecular complexity index is 1420. The number of hydrogen-bond donors (Lipinski definition) is 3. The Hall–Kier alpha value is -3.42. The van der Waals surface area contributed by atoms with Crippen LogP contribution < -0.4 is 16.0 Å². The number of rotatable bonds is 5. The molecule has 1 aliphatic heterocycles. The summed E-state index contributed by atoms with van der Waals surface area (Å²) in [5.41, 5.74) is 8.16. The molecule has 7 heteroatoms. The maximum atomic E-state index is 12.8. The lowest BCUT2D eigenvalue weighted by molar-refractivity contribution is -0.120. The number of carbonyl (C=O) groups is 1. The number of nitrogens with zero attached hydrogens (tertiary/aromatic N) is 1. The molecule has 36 heavy (non-hydrogen) atoms. The largest absolute Gasteiger partial charge is 0.497 e. The molecule has 0 spiro atoms. The lowest BCUT2D eigenvalue weighted by Crippen LogP contribution is -2.67. The first-order valence-corrected chi connectivity index (χ1v) is 12.5. The maximum absolute atomic E-state index is 12.8. The van der Waals surface area contributed by atoms with Crippen LogP contribution in [-0.4, -0.2) is 46.2 Å². The number of pyridine rings is 1. The lowest BCUT2D eigenvalue weighted by atomic mass is 9.59. The molecule has 2 aliphatic carbocycles. The number of aliphatic hydroxyl groups is 1. The molecule has 4 N–H and O–H groups in total. The summed E-state index contributed by atoms with van der Waals surface area (Å²) in [6.07, 6.45) is 1.63. The molecule has 2 aromatic carbocycles. The van der Waals surface area contributed by atoms with E-state index in [0.29, 0.717) is 18.8 Å². The third kappa shape index (κ3) is 3.19. The number of ether oxygens (including phenoxy) is 1. The van der Waals surface area contributed by atoms with Gasteiger partial charge >= 0.3 is 0 Å². The standard InChI is InChI=1S/C29H31N3O4/c1-17-8-9-21(36-2)11-23(17)28-12-20-16-32(15-18-6-4-3-5-7-18)25(20)29(28,35)13-19-10-22(26(30)33)27(34)31-24(19)14-28/h3-11,20,25,35H,12-16H2,1-2H3,(H2,30,33)(H,31,34)/t20?,25-,28-,29-/m1/s1. The van der Waals surface area contributed by atoms with E-state index in [-0.39, 0.29) is 11.6 Å². The number of primary amides is 1. The van der Waals surface area contributed by atoms with E-state index in [1.165, 1.54) is 5.56 Å². The second-order valence-electron chi connectivity index (χ2n) is 10.7. The summed E-state index contributed by atoms with van der Waals surface area (Å²) in [5, 5.41) is 12.8. The number of nitrogens with one attached hydrogen (secondary N) is 1. The predicted molar refractivity (Wildman–Crippen MR) is 136 cm³/mol. The van der Waals surface area contributed by atoms with Crippen LogP contribution in [0.1, 0.15) is 44.7 Å². The second-order valence-corrected chi connectivity index (χ2v) is 10.7. The number of carbonyl (C=O) groups excluding carboxylic acids is 1. The highest BCUT2D eigenvalue weighted by Crippen LogP contribution is 2.62. The SMILES string of the molecule is COc1ccc(C)c([C@@]23Cc4[nH]c(=O)c(C(N)=O)cc4C[C@@]2(O)[C@H]2C(CN2Cc2ccccc2)C3)c1. The van der Waals surface area contributed by atoms with Gasteiger partial charge in [-0.2, -0.15) is 0 Å². The van der Waals surface area contributed by atoms with Gasteiger partial charge < -0.3 is 20.6 Å². The number of hydrogen-bond acceptors (Lipinski definition) is 5. The summed E-state index contributed by atoms with van der Waals surface area (Å²) in [4.78, 5) is 29.9. The summed E-state index contributed by atoms with van der Waals surface area (Å²) in [6, 6.07) is 17.9. The van der Waals surface area contributed by atoms with Crippen LogP contribution >= 0.6 is 0 Å². The van der Waals surface area contributed by atoms with E-state index in [4.69, 9.17) is 10.5 Å². The quantitative estimate of drug-likeness (QED) is 0.515. The fourth-order valence-corrected chi connectivity index (χ4v) is 7.31. The van der Waals surface area contributed by atoms with Gasteiger partial charge in [0.2, 0.25) is 0 Å². The molecule has 3 aliphatic rings. The van der Waals surface area contributed by atoms with Crippen molar-refractivity contribution in [2.24, 2.45) is 11.7 Å². The molecular weight excluding hydrogens is 454 g/mol. The molecule has 1 unspecified atom stereocenters. The third-order valence-corrected chi connectivity index (χ3v) is 8.85. The molecule has 7 nitrogen and oxygen atoms in total. The molecule has 1 saturated heterocycles. The Morgan fingerprint density at radius 2 is 1.97 bits per heavy atom. The normalized spacial score (nSPS) is 28.5. The first-order valence-electron chi connectivity index (χ1n) is 12.5. The number of aryl methyl sites for hydroxylation is 1. The average molecular weight is 486 g/mol. The molecule has 2 heterocycles. The van der Waals surface area contributed by atoms with Crippen molar-refractivity contribution in [3.8, 4) is 5.75 Å². The van der Waals surface area contributed by atoms with Crippen LogP contribution in [0.15, 0.2) is 59.4 Å². The van der Waals surface area contributed by atoms with Gasteiger partial charge in [0.25, 0.3) is 11.5 Å². The van der Waals surface area contributed by atoms with Gasteiger partial charge in [0, 0.05) is 43.1 Å². The Kier molecular flexibility index (Phi) is 5.14. The summed E-state index contributed by atoms with van der Waals surface area (Å²) < 4.78 is 5.58. The summed E-state index contributed by atoms with van der Waals surface area (Å²) >= 11 is 0. The molecule has 3 aromatic rings. The number of amides is 1. The van der Waals surface area contributed by atoms with Crippen LogP contribution in [0.3, 0.4) is 0 Å². The molecule has 0 radical (unpaired) electrons. The monoisotopic (exact) mass is 485 g/mol. The van der Waals surface area contributed by atoms with Gasteiger partial charge in [-0.3, -0.25) is 14.5 Å². The Morgan fingerprint density at radius 1 is 1.19 bits per heavy atom. The van der Waals surface area contributed by atoms with E-state index in [2.05, 4.69) is 28.9 Å². The number of aromatic amines is 1. The van der Waals surface area contributed by atoms with Crippen molar-refractivity contribution in [2.75, 3.05) is 13.7 Å². The van der Waals surface area contributed by atoms with Crippen LogP contribution in [0.2, 0.25) is 0 Å². The van der Waals surface area contributed by atoms with Crippen LogP contribution in [0.5, 0.6) is 5.75 Å². The molecule has 1 saturated carbocycles. The molecule has 0 bridgehead atoms. The van der Waals surface area contributed by atoms with Crippen molar-refractivity contribution >= 4 is 5.91 Å². The maximum Gasteiger partial charge on any atom is 0.261 e. The second kappa shape index (κ2) is 8.05. The van der Waals surface area contributed by atoms with Crippen molar-refractivity contribution in [1.29, 1.82) is 0 Å². The van der Waals surface area contributed by atoms with Crippen molar-refractivity contribution in [3.63, 3.8) is 0 Å². The average Bonchev–Trinajstić information content (AvgIpc) is 3.04. The van der Waals surface area contributed by atoms with Crippen LogP contribution in [0.25, 0.3) is 0 Å². The van der Waals surface area contributed by atoms with Crippen molar-refractivity contribution in [1.82, 2.24) is 9.88 Å². The zero-order valence-electron chi connectivity index (χ0n) is 20.6. The number of benzene rings is 2. The first kappa shape index (κ1) is 23.0. The summed E-state index contributed by atoms with van der Waals surface area (Å²) in [5.74, 6) is 0.308. The van der Waals surface area contributed by atoms with E-state index >= 15 is 0 Å². The van der Waals surface area contributed by atoms with Gasteiger partial charge in [-0.15, -0.1) is 0 Å². The molecule has 4 atom stereocenters. The molecule has 186 valence electrons. The van der Waals surface area contributed by atoms with Gasteiger partial charge in [0.05, 0.1) is 12.7 Å². The minimum Gasteiger partial charge on any atom is -0.497 e. The smallest absolute Gasteiger partial charge is 0.261 e. The number of methoxy groups -OCH3 is 1. The first-order chi connectivity index (χ1) is 17.3.